The van der Waals surface area contributed by atoms with Gasteiger partial charge in [-0.05, 0) is 36.2 Å². The first-order chi connectivity index (χ1) is 12.8. The molecule has 0 aliphatic carbocycles. The lowest BCUT2D eigenvalue weighted by Crippen LogP contribution is -2.41. The van der Waals surface area contributed by atoms with Gasteiger partial charge in [-0.25, -0.2) is 12.8 Å². The molecule has 1 aliphatic rings. The number of hydrogen-bond acceptors (Lipinski definition) is 4. The number of rotatable bonds is 5. The molecular weight excluding hydrogens is 367 g/mol. The minimum atomic E-state index is -3.17. The van der Waals surface area contributed by atoms with E-state index in [0.717, 1.165) is 11.3 Å². The van der Waals surface area contributed by atoms with Crippen LogP contribution in [0.25, 0.3) is 0 Å². The van der Waals surface area contributed by atoms with Gasteiger partial charge in [-0.1, -0.05) is 24.3 Å². The molecule has 3 rings (SSSR count). The molecule has 1 atom stereocenters. The van der Waals surface area contributed by atoms with E-state index in [1.165, 1.54) is 23.1 Å². The number of sulfone groups is 1. The van der Waals surface area contributed by atoms with E-state index < -0.39 is 27.6 Å². The maximum Gasteiger partial charge on any atom is 0.257 e. The first kappa shape index (κ1) is 19.4. The predicted molar refractivity (Wildman–Crippen MR) is 104 cm³/mol. The summed E-state index contributed by atoms with van der Waals surface area (Å²) in [7, 11) is 0.703. The summed E-state index contributed by atoms with van der Waals surface area (Å²) in [6, 6.07) is 13.0. The summed E-state index contributed by atoms with van der Waals surface area (Å²) in [5.41, 5.74) is 1.86. The van der Waals surface area contributed by atoms with Gasteiger partial charge in [0.1, 0.15) is 5.82 Å². The predicted octanol–water partition coefficient (Wildman–Crippen LogP) is 2.72. The third-order valence-electron chi connectivity index (χ3n) is 4.82. The number of benzene rings is 2. The molecular formula is C20H23FN2O3S. The van der Waals surface area contributed by atoms with Crippen LogP contribution in [-0.4, -0.2) is 50.9 Å². The van der Waals surface area contributed by atoms with Gasteiger partial charge in [0.15, 0.2) is 9.84 Å². The quantitative estimate of drug-likeness (QED) is 0.788. The second kappa shape index (κ2) is 7.68. The molecule has 0 radical (unpaired) electrons. The van der Waals surface area contributed by atoms with Gasteiger partial charge in [0, 0.05) is 32.4 Å². The average Bonchev–Trinajstić information content (AvgIpc) is 2.99. The summed E-state index contributed by atoms with van der Waals surface area (Å²) in [5.74, 6) is -1.11. The number of carbonyl (C=O) groups excluding carboxylic acids is 1. The fraction of sp³-hybridized carbons (Fsp3) is 0.350. The van der Waals surface area contributed by atoms with Crippen molar-refractivity contribution in [1.82, 2.24) is 4.90 Å². The standard InChI is InChI=1S/C20H23FN2O3S/c1-22(2)16-9-7-15(8-10-16)13-23(17-11-12-27(25,26)14-17)20(24)18-5-3-4-6-19(18)21/h3-10,17H,11-14H2,1-2H3. The average molecular weight is 390 g/mol. The smallest absolute Gasteiger partial charge is 0.257 e. The van der Waals surface area contributed by atoms with Crippen molar-refractivity contribution in [3.63, 3.8) is 0 Å². The zero-order chi connectivity index (χ0) is 19.6. The van der Waals surface area contributed by atoms with E-state index in [1.54, 1.807) is 6.07 Å². The van der Waals surface area contributed by atoms with Crippen molar-refractivity contribution in [2.75, 3.05) is 30.5 Å². The Morgan fingerprint density at radius 2 is 1.78 bits per heavy atom. The van der Waals surface area contributed by atoms with Crippen molar-refractivity contribution in [3.8, 4) is 0 Å². The van der Waals surface area contributed by atoms with E-state index >= 15 is 0 Å². The normalized spacial score (nSPS) is 18.3. The van der Waals surface area contributed by atoms with Gasteiger partial charge in [0.25, 0.3) is 5.91 Å². The van der Waals surface area contributed by atoms with Crippen molar-refractivity contribution in [2.24, 2.45) is 0 Å². The maximum absolute atomic E-state index is 14.1. The van der Waals surface area contributed by atoms with E-state index in [-0.39, 0.29) is 23.6 Å². The Hall–Kier alpha value is -2.41. The number of carbonyl (C=O) groups is 1. The number of halogens is 1. The number of anilines is 1. The molecule has 0 N–H and O–H groups in total. The highest BCUT2D eigenvalue weighted by Crippen LogP contribution is 2.24. The third kappa shape index (κ3) is 4.47. The molecule has 2 aromatic carbocycles. The monoisotopic (exact) mass is 390 g/mol. The highest BCUT2D eigenvalue weighted by atomic mass is 32.2. The van der Waals surface area contributed by atoms with Crippen LogP contribution in [-0.2, 0) is 16.4 Å². The molecule has 1 amide bonds. The Bertz CT molecular complexity index is 926. The van der Waals surface area contributed by atoms with Crippen LogP contribution in [0, 0.1) is 5.82 Å². The molecule has 1 heterocycles. The summed E-state index contributed by atoms with van der Waals surface area (Å²) in [6.07, 6.45) is 0.373. The number of hydrogen-bond donors (Lipinski definition) is 0. The minimum absolute atomic E-state index is 0.0355. The maximum atomic E-state index is 14.1. The molecule has 1 saturated heterocycles. The molecule has 1 fully saturated rings. The van der Waals surface area contributed by atoms with Gasteiger partial charge < -0.3 is 9.80 Å². The van der Waals surface area contributed by atoms with E-state index in [2.05, 4.69) is 0 Å². The minimum Gasteiger partial charge on any atom is -0.378 e. The fourth-order valence-electron chi connectivity index (χ4n) is 3.27. The lowest BCUT2D eigenvalue weighted by molar-refractivity contribution is 0.0676. The summed E-state index contributed by atoms with van der Waals surface area (Å²) in [4.78, 5) is 16.5. The van der Waals surface area contributed by atoms with Crippen LogP contribution in [0.15, 0.2) is 48.5 Å². The molecule has 0 bridgehead atoms. The van der Waals surface area contributed by atoms with Gasteiger partial charge in [-0.3, -0.25) is 4.79 Å². The molecule has 0 saturated carbocycles. The molecule has 1 aliphatic heterocycles. The molecule has 1 unspecified atom stereocenters. The molecule has 27 heavy (non-hydrogen) atoms. The number of amides is 1. The topological polar surface area (TPSA) is 57.7 Å². The van der Waals surface area contributed by atoms with Crippen LogP contribution in [0.3, 0.4) is 0 Å². The van der Waals surface area contributed by atoms with Crippen molar-refractivity contribution in [1.29, 1.82) is 0 Å². The fourth-order valence-corrected chi connectivity index (χ4v) is 5.00. The van der Waals surface area contributed by atoms with E-state index in [4.69, 9.17) is 0 Å². The Morgan fingerprint density at radius 1 is 1.11 bits per heavy atom. The molecule has 7 heteroatoms. The van der Waals surface area contributed by atoms with Crippen molar-refractivity contribution in [2.45, 2.75) is 19.0 Å². The summed E-state index contributed by atoms with van der Waals surface area (Å²) < 4.78 is 38.0. The van der Waals surface area contributed by atoms with Crippen molar-refractivity contribution in [3.05, 3.63) is 65.5 Å². The van der Waals surface area contributed by atoms with Crippen LogP contribution in [0.4, 0.5) is 10.1 Å². The van der Waals surface area contributed by atoms with E-state index in [9.17, 15) is 17.6 Å². The van der Waals surface area contributed by atoms with Crippen LogP contribution in [0.1, 0.15) is 22.3 Å². The molecule has 0 aromatic heterocycles. The van der Waals surface area contributed by atoms with Crippen LogP contribution in [0.5, 0.6) is 0 Å². The zero-order valence-corrected chi connectivity index (χ0v) is 16.2. The van der Waals surface area contributed by atoms with Crippen LogP contribution >= 0.6 is 0 Å². The first-order valence-corrected chi connectivity index (χ1v) is 10.6. The highest BCUT2D eigenvalue weighted by Gasteiger charge is 2.35. The zero-order valence-electron chi connectivity index (χ0n) is 15.4. The van der Waals surface area contributed by atoms with E-state index in [1.807, 2.05) is 43.3 Å². The van der Waals surface area contributed by atoms with Gasteiger partial charge in [0.05, 0.1) is 17.1 Å². The summed E-state index contributed by atoms with van der Waals surface area (Å²) in [6.45, 7) is 0.237. The molecule has 0 spiro atoms. The molecule has 144 valence electrons. The van der Waals surface area contributed by atoms with Crippen LogP contribution in [0.2, 0.25) is 0 Å². The Kier molecular flexibility index (Phi) is 5.51. The Labute approximate surface area is 159 Å². The lowest BCUT2D eigenvalue weighted by Gasteiger charge is -2.29. The lowest BCUT2D eigenvalue weighted by atomic mass is 10.1. The molecule has 5 nitrogen and oxygen atoms in total. The third-order valence-corrected chi connectivity index (χ3v) is 6.57. The van der Waals surface area contributed by atoms with Gasteiger partial charge in [-0.15, -0.1) is 0 Å². The second-order valence-electron chi connectivity index (χ2n) is 7.03. The van der Waals surface area contributed by atoms with Gasteiger partial charge in [-0.2, -0.15) is 0 Å². The van der Waals surface area contributed by atoms with Crippen molar-refractivity contribution >= 4 is 21.4 Å². The van der Waals surface area contributed by atoms with E-state index in [0.29, 0.717) is 6.42 Å². The second-order valence-corrected chi connectivity index (χ2v) is 9.26. The molecule has 2 aromatic rings. The Morgan fingerprint density at radius 3 is 2.33 bits per heavy atom. The SMILES string of the molecule is CN(C)c1ccc(CN(C(=O)c2ccccc2F)C2CCS(=O)(=O)C2)cc1. The largest absolute Gasteiger partial charge is 0.378 e. The first-order valence-electron chi connectivity index (χ1n) is 8.79. The Balaban J connectivity index is 1.90. The van der Waals surface area contributed by atoms with Crippen LogP contribution < -0.4 is 4.90 Å². The van der Waals surface area contributed by atoms with Gasteiger partial charge in [0.2, 0.25) is 0 Å². The highest BCUT2D eigenvalue weighted by molar-refractivity contribution is 7.91. The van der Waals surface area contributed by atoms with Crippen molar-refractivity contribution < 1.29 is 17.6 Å². The van der Waals surface area contributed by atoms with Gasteiger partial charge >= 0.3 is 0 Å². The summed E-state index contributed by atoms with van der Waals surface area (Å²) >= 11 is 0. The number of nitrogens with zero attached hydrogens (tertiary/aromatic N) is 2. The summed E-state index contributed by atoms with van der Waals surface area (Å²) in [5, 5.41) is 0.